The molecule has 2 N–H and O–H groups in total. The summed E-state index contributed by atoms with van der Waals surface area (Å²) in [5.41, 5.74) is 2.42. The minimum Gasteiger partial charge on any atom is -0.370 e. The monoisotopic (exact) mass is 389 g/mol. The Morgan fingerprint density at radius 2 is 2.04 bits per heavy atom. The number of benzene rings is 1. The number of hydrogen-bond donors (Lipinski definition) is 2. The van der Waals surface area contributed by atoms with Gasteiger partial charge in [-0.1, -0.05) is 6.58 Å². The number of aromatic nitrogens is 4. The van der Waals surface area contributed by atoms with Crippen LogP contribution in [0.2, 0.25) is 0 Å². The van der Waals surface area contributed by atoms with E-state index >= 15 is 0 Å². The fourth-order valence-electron chi connectivity index (χ4n) is 2.78. The summed E-state index contributed by atoms with van der Waals surface area (Å²) in [6, 6.07) is 7.75. The minimum absolute atomic E-state index is 0.358. The Balaban J connectivity index is 1.81. The van der Waals surface area contributed by atoms with E-state index in [4.69, 9.17) is 0 Å². The Labute approximate surface area is 157 Å². The van der Waals surface area contributed by atoms with Gasteiger partial charge in [-0.15, -0.1) is 5.10 Å². The molecule has 0 aliphatic carbocycles. The number of fused-ring (bicyclic) bond motifs is 1. The standard InChI is InChI=1S/C17H23N7O2S/c1-5-23(11-10-18-27(4,25)26)15-8-6-14(7-9-15)20-16-12(2)21-24-17(16)19-13(3)22-24/h6-9,18,21H,2,5,10-11H2,1,3-4H3. The molecule has 10 heteroatoms. The maximum absolute atomic E-state index is 11.2. The van der Waals surface area contributed by atoms with Gasteiger partial charge in [0.25, 0.3) is 0 Å². The van der Waals surface area contributed by atoms with Gasteiger partial charge in [0.05, 0.1) is 17.3 Å². The summed E-state index contributed by atoms with van der Waals surface area (Å²) in [6.07, 6.45) is 1.16. The zero-order valence-electron chi connectivity index (χ0n) is 15.6. The molecule has 27 heavy (non-hydrogen) atoms. The average Bonchev–Trinajstić information content (AvgIpc) is 3.08. The van der Waals surface area contributed by atoms with Crippen molar-refractivity contribution in [3.63, 3.8) is 0 Å². The van der Waals surface area contributed by atoms with E-state index in [0.717, 1.165) is 24.2 Å². The molecule has 0 aliphatic heterocycles. The highest BCUT2D eigenvalue weighted by Gasteiger charge is 2.08. The third-order valence-corrected chi connectivity index (χ3v) is 4.76. The number of aromatic amines is 1. The molecular weight excluding hydrogens is 366 g/mol. The van der Waals surface area contributed by atoms with Crippen LogP contribution in [-0.2, 0) is 10.0 Å². The van der Waals surface area contributed by atoms with Crippen LogP contribution in [0.1, 0.15) is 12.7 Å². The van der Waals surface area contributed by atoms with Crippen LogP contribution >= 0.6 is 0 Å². The van der Waals surface area contributed by atoms with E-state index in [1.54, 1.807) is 4.63 Å². The van der Waals surface area contributed by atoms with Crippen molar-refractivity contribution in [1.82, 2.24) is 24.5 Å². The fraction of sp³-hybridized carbons (Fsp3) is 0.353. The van der Waals surface area contributed by atoms with Crippen molar-refractivity contribution in [2.45, 2.75) is 13.8 Å². The quantitative estimate of drug-likeness (QED) is 0.596. The molecule has 0 saturated carbocycles. The first-order chi connectivity index (χ1) is 12.8. The van der Waals surface area contributed by atoms with Gasteiger partial charge in [-0.25, -0.2) is 23.1 Å². The van der Waals surface area contributed by atoms with E-state index in [1.807, 2.05) is 38.1 Å². The van der Waals surface area contributed by atoms with Crippen LogP contribution in [0.15, 0.2) is 29.3 Å². The lowest BCUT2D eigenvalue weighted by Crippen LogP contribution is -2.34. The number of anilines is 1. The van der Waals surface area contributed by atoms with Gasteiger partial charge >= 0.3 is 0 Å². The summed E-state index contributed by atoms with van der Waals surface area (Å²) >= 11 is 0. The molecule has 0 radical (unpaired) electrons. The number of hydrogen-bond acceptors (Lipinski definition) is 6. The Hall–Kier alpha value is -2.72. The third-order valence-electron chi connectivity index (χ3n) is 4.04. The predicted molar refractivity (Wildman–Crippen MR) is 105 cm³/mol. The summed E-state index contributed by atoms with van der Waals surface area (Å²) in [5, 5.41) is 8.55. The summed E-state index contributed by atoms with van der Waals surface area (Å²) in [6.45, 7) is 9.51. The number of sulfonamides is 1. The second-order valence-corrected chi connectivity index (χ2v) is 8.04. The molecule has 0 atom stereocenters. The molecular formula is C17H23N7O2S. The van der Waals surface area contributed by atoms with Crippen molar-refractivity contribution < 1.29 is 8.42 Å². The lowest BCUT2D eigenvalue weighted by Gasteiger charge is -2.23. The van der Waals surface area contributed by atoms with Crippen molar-refractivity contribution in [1.29, 1.82) is 0 Å². The summed E-state index contributed by atoms with van der Waals surface area (Å²) in [4.78, 5) is 11.1. The van der Waals surface area contributed by atoms with Gasteiger partial charge in [0, 0.05) is 25.3 Å². The van der Waals surface area contributed by atoms with E-state index in [2.05, 4.69) is 36.4 Å². The number of nitrogens with zero attached hydrogens (tertiary/aromatic N) is 5. The Morgan fingerprint density at radius 3 is 2.67 bits per heavy atom. The molecule has 1 aromatic carbocycles. The van der Waals surface area contributed by atoms with Crippen LogP contribution in [0.3, 0.4) is 0 Å². The molecule has 9 nitrogen and oxygen atoms in total. The molecule has 3 aromatic rings. The molecule has 2 aromatic heterocycles. The van der Waals surface area contributed by atoms with Gasteiger partial charge in [0.15, 0.2) is 0 Å². The van der Waals surface area contributed by atoms with E-state index in [1.165, 1.54) is 0 Å². The lowest BCUT2D eigenvalue weighted by molar-refractivity contribution is 0.587. The van der Waals surface area contributed by atoms with E-state index in [0.29, 0.717) is 35.3 Å². The van der Waals surface area contributed by atoms with Crippen LogP contribution in [0.4, 0.5) is 11.4 Å². The number of H-pyrrole nitrogens is 1. The molecule has 0 amide bonds. The molecule has 3 rings (SSSR count). The summed E-state index contributed by atoms with van der Waals surface area (Å²) in [7, 11) is -3.18. The molecule has 0 spiro atoms. The van der Waals surface area contributed by atoms with Gasteiger partial charge in [-0.2, -0.15) is 4.63 Å². The van der Waals surface area contributed by atoms with Gasteiger partial charge in [-0.05, 0) is 38.1 Å². The molecule has 0 saturated heterocycles. The highest BCUT2D eigenvalue weighted by molar-refractivity contribution is 7.88. The topological polar surface area (TPSA) is 108 Å². The van der Waals surface area contributed by atoms with Gasteiger partial charge in [0.2, 0.25) is 15.7 Å². The van der Waals surface area contributed by atoms with E-state index in [9.17, 15) is 8.42 Å². The first-order valence-corrected chi connectivity index (χ1v) is 10.4. The van der Waals surface area contributed by atoms with Crippen molar-refractivity contribution in [3.8, 4) is 0 Å². The number of aryl methyl sites for hydroxylation is 1. The van der Waals surface area contributed by atoms with Crippen LogP contribution in [0.5, 0.6) is 0 Å². The maximum atomic E-state index is 11.2. The number of rotatable bonds is 7. The highest BCUT2D eigenvalue weighted by atomic mass is 32.2. The molecule has 0 unspecified atom stereocenters. The second kappa shape index (κ2) is 7.49. The van der Waals surface area contributed by atoms with E-state index < -0.39 is 10.0 Å². The van der Waals surface area contributed by atoms with Crippen molar-refractivity contribution >= 4 is 33.6 Å². The summed E-state index contributed by atoms with van der Waals surface area (Å²) in [5.74, 6) is 0.661. The molecule has 0 bridgehead atoms. The third kappa shape index (κ3) is 4.52. The fourth-order valence-corrected chi connectivity index (χ4v) is 3.24. The summed E-state index contributed by atoms with van der Waals surface area (Å²) < 4.78 is 26.5. The second-order valence-electron chi connectivity index (χ2n) is 6.21. The number of likely N-dealkylation sites (N-methyl/N-ethyl adjacent to an activating group) is 1. The van der Waals surface area contributed by atoms with Crippen molar-refractivity contribution in [2.75, 3.05) is 30.8 Å². The van der Waals surface area contributed by atoms with Crippen molar-refractivity contribution in [3.05, 3.63) is 40.8 Å². The maximum Gasteiger partial charge on any atom is 0.208 e. The van der Waals surface area contributed by atoms with Crippen LogP contribution < -0.4 is 20.3 Å². The Morgan fingerprint density at radius 1 is 1.33 bits per heavy atom. The van der Waals surface area contributed by atoms with Crippen LogP contribution in [0, 0.1) is 6.92 Å². The Bertz CT molecular complexity index is 1150. The molecule has 144 valence electrons. The van der Waals surface area contributed by atoms with Crippen molar-refractivity contribution in [2.24, 2.45) is 4.99 Å². The zero-order valence-corrected chi connectivity index (χ0v) is 16.4. The number of nitrogens with one attached hydrogen (secondary N) is 2. The SMILES string of the molecule is C=c1[nH]n2nc(C)nc2c1=Nc1ccc(N(CC)CCNS(C)(=O)=O)cc1. The van der Waals surface area contributed by atoms with Gasteiger partial charge < -0.3 is 4.90 Å². The molecule has 2 heterocycles. The average molecular weight is 389 g/mol. The largest absolute Gasteiger partial charge is 0.370 e. The first-order valence-electron chi connectivity index (χ1n) is 8.55. The molecule has 0 aliphatic rings. The zero-order chi connectivity index (χ0) is 19.6. The smallest absolute Gasteiger partial charge is 0.208 e. The van der Waals surface area contributed by atoms with Gasteiger partial charge in [-0.3, -0.25) is 5.10 Å². The minimum atomic E-state index is -3.18. The van der Waals surface area contributed by atoms with Crippen LogP contribution in [-0.4, -0.2) is 54.1 Å². The van der Waals surface area contributed by atoms with Crippen LogP contribution in [0.25, 0.3) is 12.2 Å². The highest BCUT2D eigenvalue weighted by Crippen LogP contribution is 2.19. The first kappa shape index (κ1) is 19.1. The lowest BCUT2D eigenvalue weighted by atomic mass is 10.2. The Kier molecular flexibility index (Phi) is 5.29. The van der Waals surface area contributed by atoms with E-state index in [-0.39, 0.29) is 0 Å². The van der Waals surface area contributed by atoms with Gasteiger partial charge in [0.1, 0.15) is 11.2 Å². The normalized spacial score (nSPS) is 12.8. The predicted octanol–water partition coefficient (Wildman–Crippen LogP) is 0.103. The molecule has 0 fully saturated rings.